The molecule has 1 aliphatic carbocycles. The summed E-state index contributed by atoms with van der Waals surface area (Å²) < 4.78 is 37.9. The van der Waals surface area contributed by atoms with Crippen molar-refractivity contribution < 1.29 is 23.1 Å². The number of likely N-dealkylation sites (tertiary alicyclic amines) is 1. The Morgan fingerprint density at radius 1 is 1.07 bits per heavy atom. The Balaban J connectivity index is 1.62. The van der Waals surface area contributed by atoms with E-state index in [-0.39, 0.29) is 11.1 Å². The van der Waals surface area contributed by atoms with E-state index in [1.807, 2.05) is 0 Å². The molecule has 1 aromatic rings. The van der Waals surface area contributed by atoms with Gasteiger partial charge in [0.2, 0.25) is 0 Å². The Morgan fingerprint density at radius 2 is 1.67 bits per heavy atom. The summed E-state index contributed by atoms with van der Waals surface area (Å²) in [7, 11) is 0. The summed E-state index contributed by atoms with van der Waals surface area (Å²) in [5.41, 5.74) is -0.677. The van der Waals surface area contributed by atoms with Crippen molar-refractivity contribution in [2.75, 3.05) is 19.6 Å². The number of piperidine rings is 1. The molecular weight excluding hydrogens is 357 g/mol. The molecule has 1 saturated heterocycles. The van der Waals surface area contributed by atoms with E-state index in [4.69, 9.17) is 0 Å². The first-order chi connectivity index (χ1) is 12.8. The lowest BCUT2D eigenvalue weighted by Gasteiger charge is -2.43. The summed E-state index contributed by atoms with van der Waals surface area (Å²) >= 11 is 0. The second-order valence-corrected chi connectivity index (χ2v) is 7.72. The van der Waals surface area contributed by atoms with Gasteiger partial charge in [-0.3, -0.25) is 9.69 Å². The summed E-state index contributed by atoms with van der Waals surface area (Å²) in [6, 6.07) is 4.09. The van der Waals surface area contributed by atoms with Crippen LogP contribution in [0, 0.1) is 0 Å². The van der Waals surface area contributed by atoms with Gasteiger partial charge in [0, 0.05) is 12.1 Å². The Labute approximate surface area is 157 Å². The second-order valence-electron chi connectivity index (χ2n) is 7.72. The predicted octanol–water partition coefficient (Wildman–Crippen LogP) is 3.65. The highest BCUT2D eigenvalue weighted by Crippen LogP contribution is 2.36. The van der Waals surface area contributed by atoms with Crippen molar-refractivity contribution in [3.8, 4) is 0 Å². The number of alkyl halides is 3. The van der Waals surface area contributed by atoms with Crippen LogP contribution >= 0.6 is 0 Å². The molecule has 0 bridgehead atoms. The van der Waals surface area contributed by atoms with Crippen molar-refractivity contribution >= 4 is 5.91 Å². The lowest BCUT2D eigenvalue weighted by molar-refractivity contribution is -0.137. The Hall–Kier alpha value is -1.60. The molecule has 27 heavy (non-hydrogen) atoms. The summed E-state index contributed by atoms with van der Waals surface area (Å²) in [6.07, 6.45) is 2.01. The molecule has 2 N–H and O–H groups in total. The van der Waals surface area contributed by atoms with Gasteiger partial charge in [-0.1, -0.05) is 31.4 Å². The maximum Gasteiger partial charge on any atom is 0.416 e. The summed E-state index contributed by atoms with van der Waals surface area (Å²) in [5.74, 6) is -0.557. The average molecular weight is 384 g/mol. The highest BCUT2D eigenvalue weighted by molar-refractivity contribution is 5.82. The zero-order valence-corrected chi connectivity index (χ0v) is 15.4. The number of hydrogen-bond acceptors (Lipinski definition) is 3. The fraction of sp³-hybridized carbons (Fsp3) is 0.650. The minimum absolute atomic E-state index is 0.0457. The van der Waals surface area contributed by atoms with Crippen LogP contribution in [0.4, 0.5) is 13.2 Å². The third-order valence-electron chi connectivity index (χ3n) is 5.95. The van der Waals surface area contributed by atoms with E-state index in [1.54, 1.807) is 0 Å². The lowest BCUT2D eigenvalue weighted by atomic mass is 9.92. The molecule has 2 aliphatic rings. The summed E-state index contributed by atoms with van der Waals surface area (Å²) in [5, 5.41) is 13.1. The van der Waals surface area contributed by atoms with Crippen LogP contribution in [0.25, 0.3) is 0 Å². The molecular formula is C20H27F3N2O2. The molecule has 1 atom stereocenters. The van der Waals surface area contributed by atoms with E-state index >= 15 is 0 Å². The van der Waals surface area contributed by atoms with Gasteiger partial charge in [0.05, 0.1) is 5.56 Å². The molecule has 1 heterocycles. The summed E-state index contributed by atoms with van der Waals surface area (Å²) in [4.78, 5) is 14.9. The molecule has 3 rings (SSSR count). The van der Waals surface area contributed by atoms with Gasteiger partial charge in [-0.15, -0.1) is 0 Å². The van der Waals surface area contributed by atoms with Crippen LogP contribution in [-0.2, 0) is 11.0 Å². The standard InChI is InChI=1S/C20H27F3N2O2/c21-20(22,23)16-8-6-15(7-9-16)17(26)18(27)24-14-19(10-2-3-11-19)25-12-4-1-5-13-25/h6-9,17,26H,1-5,10-14H2,(H,24,27). The molecule has 0 radical (unpaired) electrons. The van der Waals surface area contributed by atoms with E-state index < -0.39 is 23.8 Å². The molecule has 7 heteroatoms. The number of carbonyl (C=O) groups excluding carboxylic acids is 1. The normalized spacial score (nSPS) is 21.8. The second kappa shape index (κ2) is 8.19. The molecule has 2 fully saturated rings. The molecule has 0 spiro atoms. The topological polar surface area (TPSA) is 52.6 Å². The van der Waals surface area contributed by atoms with Crippen molar-refractivity contribution in [3.63, 3.8) is 0 Å². The van der Waals surface area contributed by atoms with Gasteiger partial charge in [0.25, 0.3) is 5.91 Å². The molecule has 1 unspecified atom stereocenters. The molecule has 1 aliphatic heterocycles. The maximum atomic E-state index is 12.6. The monoisotopic (exact) mass is 384 g/mol. The number of aliphatic hydroxyl groups excluding tert-OH is 1. The van der Waals surface area contributed by atoms with Crippen molar-refractivity contribution in [1.82, 2.24) is 10.2 Å². The van der Waals surface area contributed by atoms with E-state index in [0.29, 0.717) is 6.54 Å². The van der Waals surface area contributed by atoms with E-state index in [0.717, 1.165) is 63.0 Å². The van der Waals surface area contributed by atoms with Crippen molar-refractivity contribution in [1.29, 1.82) is 0 Å². The van der Waals surface area contributed by atoms with Gasteiger partial charge in [-0.2, -0.15) is 13.2 Å². The van der Waals surface area contributed by atoms with Gasteiger partial charge in [-0.25, -0.2) is 0 Å². The van der Waals surface area contributed by atoms with Crippen LogP contribution in [0.1, 0.15) is 62.2 Å². The largest absolute Gasteiger partial charge is 0.416 e. The number of nitrogens with one attached hydrogen (secondary N) is 1. The zero-order valence-electron chi connectivity index (χ0n) is 15.4. The number of aliphatic hydroxyl groups is 1. The minimum Gasteiger partial charge on any atom is -0.378 e. The number of nitrogens with zero attached hydrogens (tertiary/aromatic N) is 1. The number of amides is 1. The predicted molar refractivity (Wildman–Crippen MR) is 96.0 cm³/mol. The van der Waals surface area contributed by atoms with Gasteiger partial charge < -0.3 is 10.4 Å². The van der Waals surface area contributed by atoms with Crippen LogP contribution in [0.15, 0.2) is 24.3 Å². The van der Waals surface area contributed by atoms with Crippen LogP contribution in [0.3, 0.4) is 0 Å². The number of halogens is 3. The van der Waals surface area contributed by atoms with Crippen LogP contribution in [0.5, 0.6) is 0 Å². The molecule has 0 aromatic heterocycles. The number of rotatable bonds is 5. The number of hydrogen-bond donors (Lipinski definition) is 2. The zero-order chi connectivity index (χ0) is 19.5. The first-order valence-corrected chi connectivity index (χ1v) is 9.70. The number of carbonyl (C=O) groups is 1. The van der Waals surface area contributed by atoms with E-state index in [2.05, 4.69) is 10.2 Å². The number of benzene rings is 1. The van der Waals surface area contributed by atoms with Gasteiger partial charge in [-0.05, 0) is 56.5 Å². The maximum absolute atomic E-state index is 12.6. The third-order valence-corrected chi connectivity index (χ3v) is 5.95. The van der Waals surface area contributed by atoms with Crippen molar-refractivity contribution in [3.05, 3.63) is 35.4 Å². The molecule has 150 valence electrons. The third kappa shape index (κ3) is 4.63. The smallest absolute Gasteiger partial charge is 0.378 e. The first-order valence-electron chi connectivity index (χ1n) is 9.70. The van der Waals surface area contributed by atoms with Crippen LogP contribution in [0.2, 0.25) is 0 Å². The van der Waals surface area contributed by atoms with E-state index in [1.165, 1.54) is 19.3 Å². The van der Waals surface area contributed by atoms with Crippen molar-refractivity contribution in [2.24, 2.45) is 0 Å². The molecule has 1 saturated carbocycles. The van der Waals surface area contributed by atoms with E-state index in [9.17, 15) is 23.1 Å². The Kier molecular flexibility index (Phi) is 6.11. The SMILES string of the molecule is O=C(NCC1(N2CCCCC2)CCCC1)C(O)c1ccc(C(F)(F)F)cc1. The lowest BCUT2D eigenvalue weighted by Crippen LogP contribution is -2.56. The Morgan fingerprint density at radius 3 is 2.22 bits per heavy atom. The molecule has 1 aromatic carbocycles. The van der Waals surface area contributed by atoms with Crippen LogP contribution in [-0.4, -0.2) is 41.1 Å². The highest BCUT2D eigenvalue weighted by atomic mass is 19.4. The first kappa shape index (κ1) is 20.1. The molecule has 1 amide bonds. The van der Waals surface area contributed by atoms with Gasteiger partial charge in [0.15, 0.2) is 6.10 Å². The molecule has 4 nitrogen and oxygen atoms in total. The average Bonchev–Trinajstić information content (AvgIpc) is 3.16. The van der Waals surface area contributed by atoms with Crippen molar-refractivity contribution in [2.45, 2.75) is 62.8 Å². The quantitative estimate of drug-likeness (QED) is 0.815. The van der Waals surface area contributed by atoms with Crippen LogP contribution < -0.4 is 5.32 Å². The van der Waals surface area contributed by atoms with Gasteiger partial charge in [0.1, 0.15) is 0 Å². The highest BCUT2D eigenvalue weighted by Gasteiger charge is 2.40. The Bertz CT molecular complexity index is 634. The van der Waals surface area contributed by atoms with Gasteiger partial charge >= 0.3 is 6.18 Å². The minimum atomic E-state index is -4.44. The fourth-order valence-corrected chi connectivity index (χ4v) is 4.36. The summed E-state index contributed by atoms with van der Waals surface area (Å²) in [6.45, 7) is 2.55. The fourth-order valence-electron chi connectivity index (χ4n) is 4.36.